The minimum Gasteiger partial charge on any atom is -0.418 e. The number of H-pyrrole nitrogens is 1. The number of nitrogens with zero attached hydrogens (tertiary/aromatic N) is 2. The van der Waals surface area contributed by atoms with Crippen LogP contribution in [0, 0.1) is 13.3 Å². The number of aromatic nitrogens is 3. The Morgan fingerprint density at radius 3 is 2.57 bits per heavy atom. The first-order valence-electron chi connectivity index (χ1n) is 1.64. The fourth-order valence-electron chi connectivity index (χ4n) is 0.231. The van der Waals surface area contributed by atoms with Gasteiger partial charge in [0.15, 0.2) is 0 Å². The molecule has 3 nitrogen and oxygen atoms in total. The zero-order chi connectivity index (χ0) is 4.41. The first kappa shape index (κ1) is 7.95. The van der Waals surface area contributed by atoms with Crippen molar-refractivity contribution in [3.63, 3.8) is 0 Å². The van der Waals surface area contributed by atoms with Gasteiger partial charge in [-0.25, -0.2) is 0 Å². The van der Waals surface area contributed by atoms with Crippen LogP contribution in [0.4, 0.5) is 0 Å². The van der Waals surface area contributed by atoms with Gasteiger partial charge in [-0.2, -0.15) is 0 Å². The van der Waals surface area contributed by atoms with Crippen LogP contribution in [0.3, 0.4) is 0 Å². The fourth-order valence-corrected chi connectivity index (χ4v) is 0.231. The first-order chi connectivity index (χ1) is 2.89. The third kappa shape index (κ3) is 2.69. The van der Waals surface area contributed by atoms with E-state index in [-0.39, 0.29) is 58.2 Å². The molecular weight excluding hydrogens is 164 g/mol. The summed E-state index contributed by atoms with van der Waals surface area (Å²) in [5.74, 6) is 0.801. The molecule has 0 saturated heterocycles. The zero-order valence-electron chi connectivity index (χ0n) is 4.39. The van der Waals surface area contributed by atoms with Crippen LogP contribution in [-0.2, 0) is 0 Å². The van der Waals surface area contributed by atoms with Crippen molar-refractivity contribution in [2.24, 2.45) is 0 Å². The number of nitrogens with one attached hydrogen (secondary N) is 1. The van der Waals surface area contributed by atoms with E-state index < -0.39 is 0 Å². The van der Waals surface area contributed by atoms with Gasteiger partial charge in [0, 0.05) is 0 Å². The summed E-state index contributed by atoms with van der Waals surface area (Å²) < 4.78 is 0. The van der Waals surface area contributed by atoms with Crippen molar-refractivity contribution < 1.29 is 58.2 Å². The van der Waals surface area contributed by atoms with Crippen molar-refractivity contribution in [2.45, 2.75) is 6.92 Å². The Hall–Kier alpha value is 0.945. The van der Waals surface area contributed by atoms with Gasteiger partial charge < -0.3 is 10.1 Å². The summed E-state index contributed by atoms with van der Waals surface area (Å²) >= 11 is 0. The van der Waals surface area contributed by atoms with Gasteiger partial charge in [0.25, 0.3) is 0 Å². The van der Waals surface area contributed by atoms with Gasteiger partial charge in [-0.15, -0.1) is 0 Å². The van der Waals surface area contributed by atoms with Gasteiger partial charge in [-0.3, -0.25) is 5.10 Å². The number of aromatic amines is 1. The summed E-state index contributed by atoms with van der Waals surface area (Å²) in [7, 11) is 0. The molecule has 0 bridgehead atoms. The Balaban J connectivity index is 0.000000360. The van der Waals surface area contributed by atoms with E-state index in [9.17, 15) is 0 Å². The predicted molar refractivity (Wildman–Crippen MR) is 20.0 cm³/mol. The number of hydrogen-bond acceptors (Lipinski definition) is 2. The summed E-state index contributed by atoms with van der Waals surface area (Å²) in [6.45, 7) is 1.82. The van der Waals surface area contributed by atoms with Crippen LogP contribution in [0.2, 0.25) is 0 Å². The molecule has 1 aromatic rings. The molecule has 0 saturated carbocycles. The Morgan fingerprint density at radius 2 is 2.43 bits per heavy atom. The molecule has 0 unspecified atom stereocenters. The van der Waals surface area contributed by atoms with E-state index in [1.165, 1.54) is 0 Å². The normalized spacial score (nSPS) is 7.57. The van der Waals surface area contributed by atoms with E-state index in [0.717, 1.165) is 5.82 Å². The molecule has 0 atom stereocenters. The number of aryl methyl sites for hydroxylation is 1. The number of rotatable bonds is 0. The third-order valence-corrected chi connectivity index (χ3v) is 0.485. The minimum atomic E-state index is 0. The molecule has 1 aromatic heterocycles. The van der Waals surface area contributed by atoms with Crippen LogP contribution in [0.25, 0.3) is 0 Å². The maximum Gasteiger partial charge on any atom is 1.00 e. The van der Waals surface area contributed by atoms with E-state index in [1.807, 2.05) is 6.92 Å². The average molecular weight is 168 g/mol. The molecule has 7 heavy (non-hydrogen) atoms. The molecule has 0 aromatic carbocycles. The van der Waals surface area contributed by atoms with Crippen LogP contribution < -0.4 is 58.2 Å². The maximum absolute atomic E-state index is 3.62. The van der Waals surface area contributed by atoms with Crippen LogP contribution in [0.15, 0.2) is 0 Å². The van der Waals surface area contributed by atoms with Crippen LogP contribution in [-0.4, -0.2) is 15.2 Å². The standard InChI is InChI=1S/C3H4N3.Rb/c1-3-4-2-5-6-3;/h1H3,(H,4,5,6);/q-1;+1. The molecule has 1 rings (SSSR count). The van der Waals surface area contributed by atoms with Gasteiger partial charge in [-0.05, 0) is 12.2 Å². The Kier molecular flexibility index (Phi) is 4.41. The minimum absolute atomic E-state index is 0. The Morgan fingerprint density at radius 1 is 1.71 bits per heavy atom. The van der Waals surface area contributed by atoms with Crippen molar-refractivity contribution in [1.29, 1.82) is 0 Å². The second kappa shape index (κ2) is 3.89. The molecule has 0 amide bonds. The molecule has 1 heterocycles. The molecule has 0 spiro atoms. The molecule has 0 fully saturated rings. The summed E-state index contributed by atoms with van der Waals surface area (Å²) in [5.41, 5.74) is 0. The third-order valence-electron chi connectivity index (χ3n) is 0.485. The average Bonchev–Trinajstić information content (AvgIpc) is 1.86. The quantitative estimate of drug-likeness (QED) is 0.417. The summed E-state index contributed by atoms with van der Waals surface area (Å²) in [6, 6.07) is 0. The molecule has 0 radical (unpaired) electrons. The Bertz CT molecular complexity index is 114. The molecule has 4 heteroatoms. The van der Waals surface area contributed by atoms with E-state index in [4.69, 9.17) is 0 Å². The summed E-state index contributed by atoms with van der Waals surface area (Å²) in [4.78, 5) is 3.62. The molecule has 0 aliphatic carbocycles. The summed E-state index contributed by atoms with van der Waals surface area (Å²) in [5, 5.41) is 6.04. The SMILES string of the molecule is Cc1n[c-]n[nH]1.[Rb+]. The predicted octanol–water partition coefficient (Wildman–Crippen LogP) is -3.08. The van der Waals surface area contributed by atoms with E-state index in [2.05, 4.69) is 21.5 Å². The fraction of sp³-hybridized carbons (Fsp3) is 0.333. The second-order valence-electron chi connectivity index (χ2n) is 1.02. The molecular formula is C3H4N3Rb. The van der Waals surface area contributed by atoms with Crippen molar-refractivity contribution in [3.8, 4) is 0 Å². The Labute approximate surface area is 90.7 Å². The van der Waals surface area contributed by atoms with E-state index >= 15 is 0 Å². The van der Waals surface area contributed by atoms with Crippen molar-refractivity contribution >= 4 is 0 Å². The van der Waals surface area contributed by atoms with Crippen molar-refractivity contribution in [1.82, 2.24) is 15.2 Å². The molecule has 0 aliphatic rings. The molecule has 32 valence electrons. The molecule has 0 aliphatic heterocycles. The van der Waals surface area contributed by atoms with Gasteiger partial charge >= 0.3 is 58.2 Å². The largest absolute Gasteiger partial charge is 1.00 e. The van der Waals surface area contributed by atoms with Crippen molar-refractivity contribution in [3.05, 3.63) is 12.2 Å². The van der Waals surface area contributed by atoms with Gasteiger partial charge in [0.2, 0.25) is 0 Å². The molecule has 1 N–H and O–H groups in total. The second-order valence-corrected chi connectivity index (χ2v) is 1.02. The first-order valence-corrected chi connectivity index (χ1v) is 1.64. The van der Waals surface area contributed by atoms with Crippen LogP contribution >= 0.6 is 0 Å². The topological polar surface area (TPSA) is 41.6 Å². The zero-order valence-corrected chi connectivity index (χ0v) is 9.31. The maximum atomic E-state index is 3.62. The summed E-state index contributed by atoms with van der Waals surface area (Å²) in [6.07, 6.45) is 2.37. The van der Waals surface area contributed by atoms with Crippen LogP contribution in [0.5, 0.6) is 0 Å². The van der Waals surface area contributed by atoms with Gasteiger partial charge in [0.05, 0.1) is 0 Å². The number of hydrogen-bond donors (Lipinski definition) is 1. The van der Waals surface area contributed by atoms with E-state index in [1.54, 1.807) is 0 Å². The monoisotopic (exact) mass is 167 g/mol. The smallest absolute Gasteiger partial charge is 0.418 e. The van der Waals surface area contributed by atoms with Crippen molar-refractivity contribution in [2.75, 3.05) is 0 Å². The van der Waals surface area contributed by atoms with Crippen LogP contribution in [0.1, 0.15) is 5.82 Å². The van der Waals surface area contributed by atoms with E-state index in [0.29, 0.717) is 0 Å². The van der Waals surface area contributed by atoms with Gasteiger partial charge in [0.1, 0.15) is 0 Å². The van der Waals surface area contributed by atoms with Gasteiger partial charge in [-0.1, -0.05) is 6.92 Å².